The average molecular weight is 389 g/mol. The zero-order valence-corrected chi connectivity index (χ0v) is 16.0. The molecule has 0 atom stereocenters. The molecular formula is C19H23N3O4S. The summed E-state index contributed by atoms with van der Waals surface area (Å²) < 4.78 is 30.7. The summed E-state index contributed by atoms with van der Waals surface area (Å²) in [5.41, 5.74) is 1.38. The smallest absolute Gasteiger partial charge is 0.255 e. The molecule has 1 amide bonds. The van der Waals surface area contributed by atoms with Gasteiger partial charge in [-0.3, -0.25) is 9.78 Å². The molecule has 0 saturated carbocycles. The van der Waals surface area contributed by atoms with Gasteiger partial charge >= 0.3 is 0 Å². The highest BCUT2D eigenvalue weighted by Crippen LogP contribution is 2.24. The van der Waals surface area contributed by atoms with Crippen molar-refractivity contribution < 1.29 is 17.9 Å². The van der Waals surface area contributed by atoms with Crippen molar-refractivity contribution in [2.45, 2.75) is 25.5 Å². The lowest BCUT2D eigenvalue weighted by Crippen LogP contribution is -2.41. The van der Waals surface area contributed by atoms with Crippen molar-refractivity contribution in [3.63, 3.8) is 0 Å². The number of ether oxygens (including phenoxy) is 1. The summed E-state index contributed by atoms with van der Waals surface area (Å²) in [7, 11) is -3.17. The Morgan fingerprint density at radius 3 is 2.63 bits per heavy atom. The van der Waals surface area contributed by atoms with Gasteiger partial charge in [-0.05, 0) is 36.6 Å². The minimum Gasteiger partial charge on any atom is -0.489 e. The summed E-state index contributed by atoms with van der Waals surface area (Å²) in [6.07, 6.45) is 5.69. The Balaban J connectivity index is 1.61. The van der Waals surface area contributed by atoms with Crippen molar-refractivity contribution >= 4 is 15.9 Å². The zero-order valence-electron chi connectivity index (χ0n) is 15.2. The Bertz CT molecular complexity index is 879. The maximum Gasteiger partial charge on any atom is 0.255 e. The highest BCUT2D eigenvalue weighted by molar-refractivity contribution is 7.88. The highest BCUT2D eigenvalue weighted by Gasteiger charge is 2.26. The SMILES string of the molecule is CS(=O)(=O)N1CCC(Oc2ccccc2C(=O)NCc2cccnc2)CC1. The molecule has 7 nitrogen and oxygen atoms in total. The number of benzene rings is 1. The molecule has 2 aromatic rings. The van der Waals surface area contributed by atoms with Gasteiger partial charge in [0.15, 0.2) is 0 Å². The van der Waals surface area contributed by atoms with E-state index in [1.54, 1.807) is 30.6 Å². The standard InChI is InChI=1S/C19H23N3O4S/c1-27(24,25)22-11-8-16(9-12-22)26-18-7-3-2-6-17(18)19(23)21-14-15-5-4-10-20-13-15/h2-7,10,13,16H,8-9,11-12,14H2,1H3,(H,21,23). The van der Waals surface area contributed by atoms with Gasteiger partial charge in [-0.15, -0.1) is 0 Å². The Morgan fingerprint density at radius 1 is 1.22 bits per heavy atom. The minimum absolute atomic E-state index is 0.115. The van der Waals surface area contributed by atoms with E-state index < -0.39 is 10.0 Å². The van der Waals surface area contributed by atoms with Gasteiger partial charge in [-0.25, -0.2) is 12.7 Å². The first-order valence-electron chi connectivity index (χ1n) is 8.81. The van der Waals surface area contributed by atoms with Gasteiger partial charge in [0, 0.05) is 32.0 Å². The maximum absolute atomic E-state index is 12.6. The van der Waals surface area contributed by atoms with Gasteiger partial charge in [0.2, 0.25) is 10.0 Å². The van der Waals surface area contributed by atoms with E-state index in [-0.39, 0.29) is 12.0 Å². The topological polar surface area (TPSA) is 88.6 Å². The molecular weight excluding hydrogens is 366 g/mol. The van der Waals surface area contributed by atoms with Crippen LogP contribution in [0, 0.1) is 0 Å². The van der Waals surface area contributed by atoms with Gasteiger partial charge < -0.3 is 10.1 Å². The number of hydrogen-bond acceptors (Lipinski definition) is 5. The fourth-order valence-corrected chi connectivity index (χ4v) is 3.87. The fraction of sp³-hybridized carbons (Fsp3) is 0.368. The molecule has 1 aromatic carbocycles. The summed E-state index contributed by atoms with van der Waals surface area (Å²) in [6, 6.07) is 10.8. The molecule has 1 N–H and O–H groups in total. The normalized spacial score (nSPS) is 16.0. The first-order chi connectivity index (χ1) is 12.9. The van der Waals surface area contributed by atoms with Crippen molar-refractivity contribution in [1.29, 1.82) is 0 Å². The summed E-state index contributed by atoms with van der Waals surface area (Å²) in [5.74, 6) is 0.294. The van der Waals surface area contributed by atoms with E-state index in [2.05, 4.69) is 10.3 Å². The lowest BCUT2D eigenvalue weighted by atomic mass is 10.1. The fourth-order valence-electron chi connectivity index (χ4n) is 3.00. The number of aromatic nitrogens is 1. The van der Waals surface area contributed by atoms with Crippen molar-refractivity contribution in [2.75, 3.05) is 19.3 Å². The molecule has 27 heavy (non-hydrogen) atoms. The molecule has 0 radical (unpaired) electrons. The van der Waals surface area contributed by atoms with Crippen molar-refractivity contribution in [2.24, 2.45) is 0 Å². The first-order valence-corrected chi connectivity index (χ1v) is 10.7. The summed E-state index contributed by atoms with van der Waals surface area (Å²) >= 11 is 0. The van der Waals surface area contributed by atoms with Crippen LogP contribution in [0.2, 0.25) is 0 Å². The average Bonchev–Trinajstić information content (AvgIpc) is 2.67. The van der Waals surface area contributed by atoms with Crippen LogP contribution in [0.4, 0.5) is 0 Å². The van der Waals surface area contributed by atoms with E-state index in [0.717, 1.165) is 5.56 Å². The van der Waals surface area contributed by atoms with Crippen LogP contribution in [0.15, 0.2) is 48.8 Å². The third-order valence-electron chi connectivity index (χ3n) is 4.47. The van der Waals surface area contributed by atoms with E-state index >= 15 is 0 Å². The quantitative estimate of drug-likeness (QED) is 0.814. The lowest BCUT2D eigenvalue weighted by Gasteiger charge is -2.30. The molecule has 144 valence electrons. The van der Waals surface area contributed by atoms with Crippen LogP contribution in [0.5, 0.6) is 5.75 Å². The molecule has 0 bridgehead atoms. The van der Waals surface area contributed by atoms with Crippen molar-refractivity contribution in [1.82, 2.24) is 14.6 Å². The predicted octanol–water partition coefficient (Wildman–Crippen LogP) is 1.81. The first kappa shape index (κ1) is 19.3. The van der Waals surface area contributed by atoms with E-state index in [1.165, 1.54) is 10.6 Å². The van der Waals surface area contributed by atoms with E-state index in [4.69, 9.17) is 4.74 Å². The maximum atomic E-state index is 12.6. The van der Waals surface area contributed by atoms with Crippen LogP contribution >= 0.6 is 0 Å². The lowest BCUT2D eigenvalue weighted by molar-refractivity contribution is 0.0936. The van der Waals surface area contributed by atoms with Crippen LogP contribution in [0.25, 0.3) is 0 Å². The number of hydrogen-bond donors (Lipinski definition) is 1. The molecule has 3 rings (SSSR count). The number of rotatable bonds is 6. The van der Waals surface area contributed by atoms with Gasteiger partial charge in [0.25, 0.3) is 5.91 Å². The Kier molecular flexibility index (Phi) is 6.08. The van der Waals surface area contributed by atoms with E-state index in [9.17, 15) is 13.2 Å². The molecule has 0 unspecified atom stereocenters. The number of amides is 1. The summed E-state index contributed by atoms with van der Waals surface area (Å²) in [6.45, 7) is 1.24. The molecule has 1 aliphatic heterocycles. The monoisotopic (exact) mass is 389 g/mol. The molecule has 1 saturated heterocycles. The molecule has 0 aliphatic carbocycles. The van der Waals surface area contributed by atoms with Gasteiger partial charge in [-0.2, -0.15) is 0 Å². The molecule has 0 spiro atoms. The third-order valence-corrected chi connectivity index (χ3v) is 5.77. The molecule has 2 heterocycles. The largest absolute Gasteiger partial charge is 0.489 e. The van der Waals surface area contributed by atoms with Gasteiger partial charge in [0.1, 0.15) is 11.9 Å². The Morgan fingerprint density at radius 2 is 1.96 bits per heavy atom. The van der Waals surface area contributed by atoms with Crippen LogP contribution in [0.1, 0.15) is 28.8 Å². The number of para-hydroxylation sites is 1. The van der Waals surface area contributed by atoms with Crippen LogP contribution in [0.3, 0.4) is 0 Å². The van der Waals surface area contributed by atoms with E-state index in [0.29, 0.717) is 43.8 Å². The van der Waals surface area contributed by atoms with Crippen molar-refractivity contribution in [3.8, 4) is 5.75 Å². The number of carbonyl (C=O) groups is 1. The second-order valence-corrected chi connectivity index (χ2v) is 8.50. The summed E-state index contributed by atoms with van der Waals surface area (Å²) in [4.78, 5) is 16.6. The summed E-state index contributed by atoms with van der Waals surface area (Å²) in [5, 5.41) is 2.87. The zero-order chi connectivity index (χ0) is 19.3. The molecule has 8 heteroatoms. The number of carbonyl (C=O) groups excluding carboxylic acids is 1. The Hall–Kier alpha value is -2.45. The minimum atomic E-state index is -3.17. The van der Waals surface area contributed by atoms with Crippen LogP contribution in [-0.2, 0) is 16.6 Å². The van der Waals surface area contributed by atoms with E-state index in [1.807, 2.05) is 18.2 Å². The van der Waals surface area contributed by atoms with Crippen molar-refractivity contribution in [3.05, 3.63) is 59.9 Å². The predicted molar refractivity (Wildman–Crippen MR) is 102 cm³/mol. The number of pyridine rings is 1. The Labute approximate surface area is 159 Å². The second kappa shape index (κ2) is 8.49. The van der Waals surface area contributed by atoms with Gasteiger partial charge in [-0.1, -0.05) is 18.2 Å². The molecule has 1 aliphatic rings. The number of piperidine rings is 1. The highest BCUT2D eigenvalue weighted by atomic mass is 32.2. The number of sulfonamides is 1. The van der Waals surface area contributed by atoms with Gasteiger partial charge in [0.05, 0.1) is 11.8 Å². The third kappa shape index (κ3) is 5.27. The number of nitrogens with one attached hydrogen (secondary N) is 1. The second-order valence-electron chi connectivity index (χ2n) is 6.52. The molecule has 1 fully saturated rings. The van der Waals surface area contributed by atoms with Crippen LogP contribution in [-0.4, -0.2) is 49.1 Å². The number of nitrogens with zero attached hydrogens (tertiary/aromatic N) is 2. The van der Waals surface area contributed by atoms with Crippen LogP contribution < -0.4 is 10.1 Å². The molecule has 1 aromatic heterocycles.